The molecule has 0 radical (unpaired) electrons. The summed E-state index contributed by atoms with van der Waals surface area (Å²) in [6.45, 7) is 0. The first-order valence-electron chi connectivity index (χ1n) is 8.91. The lowest BCUT2D eigenvalue weighted by Crippen LogP contribution is -2.41. The molecule has 2 aromatic carbocycles. The molecule has 2 amide bonds. The molecule has 0 aromatic heterocycles. The van der Waals surface area contributed by atoms with Crippen LogP contribution in [0.5, 0.6) is 5.75 Å². The summed E-state index contributed by atoms with van der Waals surface area (Å²) in [6, 6.07) is 13.7. The molecule has 2 aliphatic rings. The second-order valence-electron chi connectivity index (χ2n) is 6.85. The Bertz CT molecular complexity index is 877. The molecule has 1 aliphatic carbocycles. The lowest BCUT2D eigenvalue weighted by atomic mass is 9.79. The van der Waals surface area contributed by atoms with Crippen molar-refractivity contribution >= 4 is 17.8 Å². The van der Waals surface area contributed by atoms with Gasteiger partial charge in [0.1, 0.15) is 5.75 Å². The fourth-order valence-electron chi connectivity index (χ4n) is 3.92. The monoisotopic (exact) mass is 365 g/mol. The number of rotatable bonds is 4. The van der Waals surface area contributed by atoms with Crippen LogP contribution in [0, 0.1) is 0 Å². The Labute approximate surface area is 156 Å². The maximum absolute atomic E-state index is 13.1. The zero-order valence-corrected chi connectivity index (χ0v) is 14.9. The Hall–Kier alpha value is -3.15. The molecule has 2 aromatic rings. The van der Waals surface area contributed by atoms with E-state index in [1.54, 1.807) is 43.5 Å². The van der Waals surface area contributed by atoms with Crippen LogP contribution in [-0.2, 0) is 15.0 Å². The zero-order valence-electron chi connectivity index (χ0n) is 14.9. The van der Waals surface area contributed by atoms with Crippen molar-refractivity contribution in [2.45, 2.75) is 31.1 Å². The Morgan fingerprint density at radius 1 is 0.926 bits per heavy atom. The van der Waals surface area contributed by atoms with Gasteiger partial charge in [0.15, 0.2) is 0 Å². The van der Waals surface area contributed by atoms with Crippen LogP contribution in [0.1, 0.15) is 52.0 Å². The smallest absolute Gasteiger partial charge is 0.343 e. The number of fused-ring (bicyclic) bond motifs is 1. The van der Waals surface area contributed by atoms with E-state index >= 15 is 0 Å². The van der Waals surface area contributed by atoms with Gasteiger partial charge in [-0.3, -0.25) is 9.59 Å². The topological polar surface area (TPSA) is 72.9 Å². The van der Waals surface area contributed by atoms with Crippen molar-refractivity contribution < 1.29 is 24.0 Å². The summed E-state index contributed by atoms with van der Waals surface area (Å²) in [5.74, 6) is -1.08. The molecular formula is C21H19NO5. The van der Waals surface area contributed by atoms with Crippen LogP contribution in [0.25, 0.3) is 0 Å². The zero-order chi connectivity index (χ0) is 19.0. The molecule has 0 spiro atoms. The standard InChI is InChI=1S/C21H19NO5/c1-26-15-10-8-14(9-11-15)21(12-4-5-13-21)20(25)27-22-18(23)16-6-2-3-7-17(16)19(22)24/h2-3,6-11H,4-5,12-13H2,1H3. The molecule has 0 atom stereocenters. The second-order valence-corrected chi connectivity index (χ2v) is 6.85. The summed E-state index contributed by atoms with van der Waals surface area (Å²) in [5.41, 5.74) is 0.449. The fraction of sp³-hybridized carbons (Fsp3) is 0.286. The Balaban J connectivity index is 1.62. The number of ether oxygens (including phenoxy) is 1. The van der Waals surface area contributed by atoms with Crippen LogP contribution in [0.3, 0.4) is 0 Å². The third kappa shape index (κ3) is 2.68. The number of hydrogen-bond acceptors (Lipinski definition) is 5. The van der Waals surface area contributed by atoms with E-state index in [1.165, 1.54) is 0 Å². The number of methoxy groups -OCH3 is 1. The molecule has 138 valence electrons. The molecule has 6 nitrogen and oxygen atoms in total. The van der Waals surface area contributed by atoms with Crippen molar-refractivity contribution in [1.29, 1.82) is 0 Å². The van der Waals surface area contributed by atoms with E-state index in [-0.39, 0.29) is 11.1 Å². The van der Waals surface area contributed by atoms with E-state index in [0.717, 1.165) is 18.4 Å². The van der Waals surface area contributed by atoms with E-state index in [9.17, 15) is 14.4 Å². The average molecular weight is 365 g/mol. The Morgan fingerprint density at radius 3 is 2.00 bits per heavy atom. The normalized spacial score (nSPS) is 17.7. The first kappa shape index (κ1) is 17.3. The van der Waals surface area contributed by atoms with Gasteiger partial charge < -0.3 is 9.57 Å². The highest BCUT2D eigenvalue weighted by Gasteiger charge is 2.48. The molecule has 0 unspecified atom stereocenters. The SMILES string of the molecule is COc1ccc(C2(C(=O)ON3C(=O)c4ccccc4C3=O)CCCC2)cc1. The lowest BCUT2D eigenvalue weighted by Gasteiger charge is -2.28. The molecule has 27 heavy (non-hydrogen) atoms. The van der Waals surface area contributed by atoms with Gasteiger partial charge in [-0.2, -0.15) is 0 Å². The third-order valence-electron chi connectivity index (χ3n) is 5.42. The molecule has 1 fully saturated rings. The number of imide groups is 1. The number of hydroxylamine groups is 2. The quantitative estimate of drug-likeness (QED) is 0.778. The van der Waals surface area contributed by atoms with Gasteiger partial charge in [-0.1, -0.05) is 42.2 Å². The van der Waals surface area contributed by atoms with Crippen molar-refractivity contribution in [3.8, 4) is 5.75 Å². The average Bonchev–Trinajstić information content (AvgIpc) is 3.29. The molecule has 1 saturated carbocycles. The minimum atomic E-state index is -0.860. The van der Waals surface area contributed by atoms with Crippen LogP contribution in [0.2, 0.25) is 0 Å². The van der Waals surface area contributed by atoms with Gasteiger partial charge in [0.25, 0.3) is 11.8 Å². The summed E-state index contributed by atoms with van der Waals surface area (Å²) >= 11 is 0. The number of carbonyl (C=O) groups excluding carboxylic acids is 3. The maximum Gasteiger partial charge on any atom is 0.343 e. The Morgan fingerprint density at radius 2 is 1.48 bits per heavy atom. The van der Waals surface area contributed by atoms with Gasteiger partial charge in [-0.15, -0.1) is 0 Å². The number of nitrogens with zero attached hydrogens (tertiary/aromatic N) is 1. The first-order valence-corrected chi connectivity index (χ1v) is 8.91. The van der Waals surface area contributed by atoms with E-state index in [2.05, 4.69) is 0 Å². The van der Waals surface area contributed by atoms with Crippen molar-refractivity contribution in [2.24, 2.45) is 0 Å². The summed E-state index contributed by atoms with van der Waals surface area (Å²) in [5, 5.41) is 0.594. The lowest BCUT2D eigenvalue weighted by molar-refractivity contribution is -0.175. The van der Waals surface area contributed by atoms with Crippen molar-refractivity contribution in [3.05, 3.63) is 65.2 Å². The first-order chi connectivity index (χ1) is 13.1. The minimum absolute atomic E-state index is 0.250. The van der Waals surface area contributed by atoms with Gasteiger partial charge in [0.05, 0.1) is 23.7 Å². The summed E-state index contributed by atoms with van der Waals surface area (Å²) in [4.78, 5) is 43.5. The number of hydrogen-bond donors (Lipinski definition) is 0. The highest BCUT2D eigenvalue weighted by Crippen LogP contribution is 2.43. The van der Waals surface area contributed by atoms with E-state index in [4.69, 9.17) is 9.57 Å². The molecule has 0 N–H and O–H groups in total. The maximum atomic E-state index is 13.1. The second kappa shape index (κ2) is 6.54. The summed E-state index contributed by atoms with van der Waals surface area (Å²) in [6.07, 6.45) is 2.98. The molecule has 1 heterocycles. The molecule has 6 heteroatoms. The number of amides is 2. The number of benzene rings is 2. The van der Waals surface area contributed by atoms with Crippen LogP contribution in [0.4, 0.5) is 0 Å². The molecule has 0 bridgehead atoms. The summed E-state index contributed by atoms with van der Waals surface area (Å²) in [7, 11) is 1.58. The molecule has 0 saturated heterocycles. The summed E-state index contributed by atoms with van der Waals surface area (Å²) < 4.78 is 5.18. The van der Waals surface area contributed by atoms with Crippen molar-refractivity contribution in [3.63, 3.8) is 0 Å². The number of carbonyl (C=O) groups is 3. The van der Waals surface area contributed by atoms with Crippen LogP contribution >= 0.6 is 0 Å². The minimum Gasteiger partial charge on any atom is -0.497 e. The van der Waals surface area contributed by atoms with Gasteiger partial charge in [0, 0.05) is 0 Å². The van der Waals surface area contributed by atoms with Crippen LogP contribution < -0.4 is 4.74 Å². The molecule has 1 aliphatic heterocycles. The van der Waals surface area contributed by atoms with E-state index in [1.807, 2.05) is 12.1 Å². The highest BCUT2D eigenvalue weighted by molar-refractivity contribution is 6.21. The third-order valence-corrected chi connectivity index (χ3v) is 5.42. The molecule has 4 rings (SSSR count). The van der Waals surface area contributed by atoms with Gasteiger partial charge in [0.2, 0.25) is 0 Å². The highest BCUT2D eigenvalue weighted by atomic mass is 16.7. The van der Waals surface area contributed by atoms with Crippen LogP contribution in [0.15, 0.2) is 48.5 Å². The van der Waals surface area contributed by atoms with E-state index < -0.39 is 23.2 Å². The fourth-order valence-corrected chi connectivity index (χ4v) is 3.92. The van der Waals surface area contributed by atoms with Crippen molar-refractivity contribution in [1.82, 2.24) is 5.06 Å². The van der Waals surface area contributed by atoms with Gasteiger partial charge in [-0.25, -0.2) is 4.79 Å². The van der Waals surface area contributed by atoms with Crippen molar-refractivity contribution in [2.75, 3.05) is 7.11 Å². The van der Waals surface area contributed by atoms with Gasteiger partial charge in [-0.05, 0) is 42.7 Å². The molecular weight excluding hydrogens is 346 g/mol. The predicted molar refractivity (Wildman–Crippen MR) is 96.2 cm³/mol. The Kier molecular flexibility index (Phi) is 4.18. The van der Waals surface area contributed by atoms with Gasteiger partial charge >= 0.3 is 5.97 Å². The van der Waals surface area contributed by atoms with Crippen LogP contribution in [-0.4, -0.2) is 30.0 Å². The largest absolute Gasteiger partial charge is 0.497 e. The van der Waals surface area contributed by atoms with E-state index in [0.29, 0.717) is 23.7 Å². The predicted octanol–water partition coefficient (Wildman–Crippen LogP) is 3.26.